The summed E-state index contributed by atoms with van der Waals surface area (Å²) in [4.78, 5) is 0. The highest BCUT2D eigenvalue weighted by atomic mass is 14.3. The molecule has 0 atom stereocenters. The van der Waals surface area contributed by atoms with E-state index in [1.165, 1.54) is 32.1 Å². The Morgan fingerprint density at radius 1 is 1.36 bits per heavy atom. The Morgan fingerprint density at radius 2 is 2.09 bits per heavy atom. The van der Waals surface area contributed by atoms with Crippen LogP contribution in [0.4, 0.5) is 0 Å². The van der Waals surface area contributed by atoms with Crippen molar-refractivity contribution in [3.05, 3.63) is 11.6 Å². The van der Waals surface area contributed by atoms with Crippen LogP contribution in [0.25, 0.3) is 0 Å². The van der Waals surface area contributed by atoms with Crippen LogP contribution < -0.4 is 0 Å². The van der Waals surface area contributed by atoms with Crippen molar-refractivity contribution in [1.82, 2.24) is 0 Å². The van der Waals surface area contributed by atoms with Gasteiger partial charge in [0.1, 0.15) is 0 Å². The van der Waals surface area contributed by atoms with Crippen molar-refractivity contribution in [3.63, 3.8) is 0 Å². The van der Waals surface area contributed by atoms with Crippen molar-refractivity contribution in [2.45, 2.75) is 52.9 Å². The third-order valence-electron chi connectivity index (χ3n) is 3.04. The van der Waals surface area contributed by atoms with Crippen molar-refractivity contribution in [2.24, 2.45) is 5.41 Å². The van der Waals surface area contributed by atoms with Crippen LogP contribution in [-0.4, -0.2) is 0 Å². The van der Waals surface area contributed by atoms with E-state index in [2.05, 4.69) is 26.8 Å². The van der Waals surface area contributed by atoms with E-state index in [4.69, 9.17) is 0 Å². The molecule has 0 aromatic heterocycles. The van der Waals surface area contributed by atoms with E-state index in [0.717, 1.165) is 0 Å². The standard InChI is InChI=1S/C11H20/c1-4-11(2,3)10-8-6-5-7-9-10/h8H,4-7,9H2,1-3H3. The lowest BCUT2D eigenvalue weighted by Crippen LogP contribution is -2.15. The molecule has 0 fully saturated rings. The summed E-state index contributed by atoms with van der Waals surface area (Å²) in [6.07, 6.45) is 9.23. The Labute approximate surface area is 70.7 Å². The molecule has 64 valence electrons. The van der Waals surface area contributed by atoms with E-state index in [9.17, 15) is 0 Å². The summed E-state index contributed by atoms with van der Waals surface area (Å²) in [5, 5.41) is 0. The van der Waals surface area contributed by atoms with Gasteiger partial charge < -0.3 is 0 Å². The van der Waals surface area contributed by atoms with Gasteiger partial charge in [-0.2, -0.15) is 0 Å². The Bertz CT molecular complexity index is 151. The Kier molecular flexibility index (Phi) is 2.75. The normalized spacial score (nSPS) is 19.7. The van der Waals surface area contributed by atoms with E-state index in [-0.39, 0.29) is 0 Å². The summed E-state index contributed by atoms with van der Waals surface area (Å²) in [5.41, 5.74) is 2.17. The SMILES string of the molecule is CCC(C)(C)C1=CCCCC1. The lowest BCUT2D eigenvalue weighted by molar-refractivity contribution is 0.399. The molecule has 0 spiro atoms. The molecule has 0 radical (unpaired) electrons. The second kappa shape index (κ2) is 3.42. The van der Waals surface area contributed by atoms with E-state index in [1.807, 2.05) is 0 Å². The van der Waals surface area contributed by atoms with Crippen LogP contribution in [0.5, 0.6) is 0 Å². The molecule has 0 amide bonds. The maximum absolute atomic E-state index is 2.47. The van der Waals surface area contributed by atoms with Gasteiger partial charge in [0.05, 0.1) is 0 Å². The molecule has 1 rings (SSSR count). The third kappa shape index (κ3) is 2.08. The van der Waals surface area contributed by atoms with Gasteiger partial charge in [-0.15, -0.1) is 0 Å². The minimum atomic E-state index is 0.473. The average molecular weight is 152 g/mol. The first-order chi connectivity index (χ1) is 5.17. The molecule has 0 heterocycles. The molecule has 0 nitrogen and oxygen atoms in total. The van der Waals surface area contributed by atoms with Crippen molar-refractivity contribution < 1.29 is 0 Å². The highest BCUT2D eigenvalue weighted by Crippen LogP contribution is 2.35. The summed E-state index contributed by atoms with van der Waals surface area (Å²) >= 11 is 0. The van der Waals surface area contributed by atoms with Gasteiger partial charge in [-0.3, -0.25) is 0 Å². The van der Waals surface area contributed by atoms with Gasteiger partial charge in [0.2, 0.25) is 0 Å². The zero-order chi connectivity index (χ0) is 8.32. The number of rotatable bonds is 2. The van der Waals surface area contributed by atoms with E-state index < -0.39 is 0 Å². The first-order valence-corrected chi connectivity index (χ1v) is 4.86. The van der Waals surface area contributed by atoms with Crippen LogP contribution in [0.15, 0.2) is 11.6 Å². The van der Waals surface area contributed by atoms with Gasteiger partial charge in [0, 0.05) is 0 Å². The van der Waals surface area contributed by atoms with Gasteiger partial charge in [-0.25, -0.2) is 0 Å². The zero-order valence-electron chi connectivity index (χ0n) is 8.11. The molecule has 0 bridgehead atoms. The highest BCUT2D eigenvalue weighted by molar-refractivity contribution is 5.13. The van der Waals surface area contributed by atoms with Crippen molar-refractivity contribution >= 4 is 0 Å². The van der Waals surface area contributed by atoms with Gasteiger partial charge >= 0.3 is 0 Å². The van der Waals surface area contributed by atoms with Crippen LogP contribution >= 0.6 is 0 Å². The second-order valence-corrected chi connectivity index (χ2v) is 4.21. The molecular formula is C11H20. The molecular weight excluding hydrogens is 132 g/mol. The summed E-state index contributed by atoms with van der Waals surface area (Å²) in [6.45, 7) is 7.02. The molecule has 0 saturated heterocycles. The van der Waals surface area contributed by atoms with Gasteiger partial charge in [-0.05, 0) is 37.5 Å². The molecule has 0 aromatic carbocycles. The summed E-state index contributed by atoms with van der Waals surface area (Å²) in [5.74, 6) is 0. The molecule has 0 N–H and O–H groups in total. The number of allylic oxidation sites excluding steroid dienone is 2. The minimum absolute atomic E-state index is 0.473. The van der Waals surface area contributed by atoms with Crippen LogP contribution in [0.1, 0.15) is 52.9 Å². The summed E-state index contributed by atoms with van der Waals surface area (Å²) in [7, 11) is 0. The Hall–Kier alpha value is -0.260. The van der Waals surface area contributed by atoms with Crippen molar-refractivity contribution in [2.75, 3.05) is 0 Å². The lowest BCUT2D eigenvalue weighted by Gasteiger charge is -2.29. The topological polar surface area (TPSA) is 0 Å². The average Bonchev–Trinajstić information content (AvgIpc) is 2.06. The largest absolute Gasteiger partial charge is 0.0848 e. The van der Waals surface area contributed by atoms with Gasteiger partial charge in [0.15, 0.2) is 0 Å². The number of hydrogen-bond acceptors (Lipinski definition) is 0. The van der Waals surface area contributed by atoms with Crippen LogP contribution in [0.3, 0.4) is 0 Å². The Balaban J connectivity index is 2.64. The van der Waals surface area contributed by atoms with Crippen molar-refractivity contribution in [3.8, 4) is 0 Å². The van der Waals surface area contributed by atoms with E-state index in [0.29, 0.717) is 5.41 Å². The molecule has 11 heavy (non-hydrogen) atoms. The molecule has 0 heteroatoms. The quantitative estimate of drug-likeness (QED) is 0.526. The van der Waals surface area contributed by atoms with Gasteiger partial charge in [-0.1, -0.05) is 32.4 Å². The van der Waals surface area contributed by atoms with E-state index in [1.54, 1.807) is 5.57 Å². The summed E-state index contributed by atoms with van der Waals surface area (Å²) in [6, 6.07) is 0. The number of hydrogen-bond donors (Lipinski definition) is 0. The fourth-order valence-corrected chi connectivity index (χ4v) is 1.68. The smallest absolute Gasteiger partial charge is 0.0147 e. The van der Waals surface area contributed by atoms with Crippen LogP contribution in [0, 0.1) is 5.41 Å². The zero-order valence-corrected chi connectivity index (χ0v) is 8.11. The van der Waals surface area contributed by atoms with E-state index >= 15 is 0 Å². The molecule has 0 unspecified atom stereocenters. The molecule has 1 aliphatic rings. The van der Waals surface area contributed by atoms with Crippen LogP contribution in [0.2, 0.25) is 0 Å². The maximum Gasteiger partial charge on any atom is -0.0147 e. The predicted molar refractivity (Wildman–Crippen MR) is 50.6 cm³/mol. The van der Waals surface area contributed by atoms with Crippen molar-refractivity contribution in [1.29, 1.82) is 0 Å². The molecule has 1 aliphatic carbocycles. The molecule has 0 aromatic rings. The Morgan fingerprint density at radius 3 is 2.55 bits per heavy atom. The summed E-state index contributed by atoms with van der Waals surface area (Å²) < 4.78 is 0. The predicted octanol–water partition coefficient (Wildman–Crippen LogP) is 3.92. The first-order valence-electron chi connectivity index (χ1n) is 4.86. The fourth-order valence-electron chi connectivity index (χ4n) is 1.68. The minimum Gasteiger partial charge on any atom is -0.0848 e. The third-order valence-corrected chi connectivity index (χ3v) is 3.04. The monoisotopic (exact) mass is 152 g/mol. The van der Waals surface area contributed by atoms with Gasteiger partial charge in [0.25, 0.3) is 0 Å². The molecule has 0 saturated carbocycles. The maximum atomic E-state index is 2.47. The second-order valence-electron chi connectivity index (χ2n) is 4.21. The lowest BCUT2D eigenvalue weighted by atomic mass is 9.77. The highest BCUT2D eigenvalue weighted by Gasteiger charge is 2.21. The first kappa shape index (κ1) is 8.83. The van der Waals surface area contributed by atoms with Crippen LogP contribution in [-0.2, 0) is 0 Å². The fraction of sp³-hybridized carbons (Fsp3) is 0.818. The molecule has 0 aliphatic heterocycles.